The maximum atomic E-state index is 11.9. The number of rotatable bonds is 4. The van der Waals surface area contributed by atoms with Crippen molar-refractivity contribution in [2.75, 3.05) is 18.0 Å². The van der Waals surface area contributed by atoms with Crippen molar-refractivity contribution in [2.24, 2.45) is 0 Å². The van der Waals surface area contributed by atoms with Crippen LogP contribution in [0.15, 0.2) is 0 Å². The topological polar surface area (TPSA) is 75.2 Å². The molecule has 1 aliphatic heterocycles. The number of piperidine rings is 1. The molecule has 0 aromatic carbocycles. The van der Waals surface area contributed by atoms with Gasteiger partial charge in [-0.3, -0.25) is 0 Å². The van der Waals surface area contributed by atoms with Gasteiger partial charge in [0.25, 0.3) is 0 Å². The molecule has 6 nitrogen and oxygen atoms in total. The van der Waals surface area contributed by atoms with Crippen LogP contribution in [0.1, 0.15) is 31.5 Å². The molecule has 1 aromatic rings. The minimum Gasteiger partial charge on any atom is -0.347 e. The first kappa shape index (κ1) is 13.3. The van der Waals surface area contributed by atoms with E-state index in [1.54, 1.807) is 0 Å². The first-order chi connectivity index (χ1) is 9.04. The highest BCUT2D eigenvalue weighted by Gasteiger charge is 2.37. The zero-order valence-corrected chi connectivity index (χ0v) is 12.5. The SMILES string of the molecule is Cc1nsc(N2CCC(NS(=O)(=O)C3CC3)CC2)n1. The van der Waals surface area contributed by atoms with Crippen molar-refractivity contribution in [1.82, 2.24) is 14.1 Å². The van der Waals surface area contributed by atoms with Crippen LogP contribution in [0.25, 0.3) is 0 Å². The number of aryl methyl sites for hydroxylation is 1. The average molecular weight is 302 g/mol. The molecular formula is C11H18N4O2S2. The second-order valence-electron chi connectivity index (χ2n) is 5.25. The van der Waals surface area contributed by atoms with Gasteiger partial charge in [0, 0.05) is 30.7 Å². The lowest BCUT2D eigenvalue weighted by atomic mass is 10.1. The Morgan fingerprint density at radius 1 is 1.26 bits per heavy atom. The van der Waals surface area contributed by atoms with Crippen molar-refractivity contribution in [3.05, 3.63) is 5.82 Å². The van der Waals surface area contributed by atoms with Gasteiger partial charge in [-0.25, -0.2) is 18.1 Å². The molecule has 19 heavy (non-hydrogen) atoms. The Morgan fingerprint density at radius 2 is 1.95 bits per heavy atom. The van der Waals surface area contributed by atoms with Gasteiger partial charge in [0.05, 0.1) is 5.25 Å². The van der Waals surface area contributed by atoms with E-state index in [9.17, 15) is 8.42 Å². The van der Waals surface area contributed by atoms with Gasteiger partial charge in [-0.05, 0) is 32.6 Å². The number of nitrogens with one attached hydrogen (secondary N) is 1. The Bertz CT molecular complexity index is 545. The number of anilines is 1. The van der Waals surface area contributed by atoms with Gasteiger partial charge in [0.2, 0.25) is 15.2 Å². The molecule has 2 heterocycles. The molecule has 1 aliphatic carbocycles. The van der Waals surface area contributed by atoms with Crippen LogP contribution >= 0.6 is 11.5 Å². The predicted octanol–water partition coefficient (Wildman–Crippen LogP) is 0.897. The minimum absolute atomic E-state index is 0.0795. The molecule has 2 aliphatic rings. The first-order valence-corrected chi connectivity index (χ1v) is 8.93. The Kier molecular flexibility index (Phi) is 3.48. The summed E-state index contributed by atoms with van der Waals surface area (Å²) in [6.07, 6.45) is 3.31. The van der Waals surface area contributed by atoms with Crippen molar-refractivity contribution in [2.45, 2.75) is 43.9 Å². The molecule has 0 bridgehead atoms. The molecule has 0 atom stereocenters. The lowest BCUT2D eigenvalue weighted by Crippen LogP contribution is -2.45. The lowest BCUT2D eigenvalue weighted by Gasteiger charge is -2.31. The third-order valence-corrected chi connectivity index (χ3v) is 6.46. The molecule has 0 unspecified atom stereocenters. The lowest BCUT2D eigenvalue weighted by molar-refractivity contribution is 0.459. The van der Waals surface area contributed by atoms with Gasteiger partial charge in [-0.1, -0.05) is 0 Å². The van der Waals surface area contributed by atoms with Crippen molar-refractivity contribution >= 4 is 26.7 Å². The Labute approximate surface area is 117 Å². The van der Waals surface area contributed by atoms with Crippen LogP contribution in [0, 0.1) is 6.92 Å². The third kappa shape index (κ3) is 3.06. The Hall–Kier alpha value is -0.730. The molecule has 8 heteroatoms. The highest BCUT2D eigenvalue weighted by Crippen LogP contribution is 2.29. The summed E-state index contributed by atoms with van der Waals surface area (Å²) in [6.45, 7) is 3.56. The summed E-state index contributed by atoms with van der Waals surface area (Å²) in [6, 6.07) is 0.0795. The molecule has 0 spiro atoms. The first-order valence-electron chi connectivity index (χ1n) is 6.61. The van der Waals surface area contributed by atoms with Crippen LogP contribution in [-0.2, 0) is 10.0 Å². The number of nitrogens with zero attached hydrogens (tertiary/aromatic N) is 3. The van der Waals surface area contributed by atoms with E-state index >= 15 is 0 Å². The van der Waals surface area contributed by atoms with Crippen molar-refractivity contribution in [1.29, 1.82) is 0 Å². The molecule has 0 radical (unpaired) electrons. The average Bonchev–Trinajstić information content (AvgIpc) is 3.14. The molecule has 1 saturated carbocycles. The maximum absolute atomic E-state index is 11.9. The summed E-state index contributed by atoms with van der Waals surface area (Å²) in [7, 11) is -3.06. The van der Waals surface area contributed by atoms with Gasteiger partial charge in [0.15, 0.2) is 0 Å². The number of hydrogen-bond donors (Lipinski definition) is 1. The van der Waals surface area contributed by atoms with Crippen molar-refractivity contribution in [3.8, 4) is 0 Å². The van der Waals surface area contributed by atoms with Gasteiger partial charge in [0.1, 0.15) is 5.82 Å². The summed E-state index contributed by atoms with van der Waals surface area (Å²) < 4.78 is 30.8. The van der Waals surface area contributed by atoms with E-state index in [1.165, 1.54) is 11.5 Å². The fourth-order valence-electron chi connectivity index (χ4n) is 2.31. The van der Waals surface area contributed by atoms with E-state index in [0.717, 1.165) is 49.7 Å². The van der Waals surface area contributed by atoms with E-state index in [2.05, 4.69) is 19.0 Å². The van der Waals surface area contributed by atoms with Crippen LogP contribution in [0.4, 0.5) is 5.13 Å². The maximum Gasteiger partial charge on any atom is 0.214 e. The van der Waals surface area contributed by atoms with Crippen LogP contribution in [0.2, 0.25) is 0 Å². The van der Waals surface area contributed by atoms with Gasteiger partial charge < -0.3 is 4.90 Å². The van der Waals surface area contributed by atoms with Crippen molar-refractivity contribution < 1.29 is 8.42 Å². The zero-order valence-electron chi connectivity index (χ0n) is 10.9. The monoisotopic (exact) mass is 302 g/mol. The second kappa shape index (κ2) is 4.99. The molecule has 106 valence electrons. The standard InChI is InChI=1S/C11H18N4O2S2/c1-8-12-11(18-13-8)15-6-4-9(5-7-15)14-19(16,17)10-2-3-10/h9-10,14H,2-7H2,1H3. The normalized spacial score (nSPS) is 21.8. The summed E-state index contributed by atoms with van der Waals surface area (Å²) in [4.78, 5) is 6.55. The molecule has 1 N–H and O–H groups in total. The molecule has 0 amide bonds. The van der Waals surface area contributed by atoms with Crippen LogP contribution in [-0.4, -0.2) is 42.2 Å². The van der Waals surface area contributed by atoms with E-state index in [1.807, 2.05) is 6.92 Å². The fourth-order valence-corrected chi connectivity index (χ4v) is 4.69. The quantitative estimate of drug-likeness (QED) is 0.894. The number of aromatic nitrogens is 2. The summed E-state index contributed by atoms with van der Waals surface area (Å²) in [5.41, 5.74) is 0. The van der Waals surface area contributed by atoms with Crippen LogP contribution in [0.5, 0.6) is 0 Å². The smallest absolute Gasteiger partial charge is 0.214 e. The molecule has 1 aromatic heterocycles. The second-order valence-corrected chi connectivity index (χ2v) is 7.97. The summed E-state index contributed by atoms with van der Waals surface area (Å²) >= 11 is 1.41. The van der Waals surface area contributed by atoms with Gasteiger partial charge in [-0.15, -0.1) is 0 Å². The highest BCUT2D eigenvalue weighted by molar-refractivity contribution is 7.90. The fraction of sp³-hybridized carbons (Fsp3) is 0.818. The van der Waals surface area contributed by atoms with Gasteiger partial charge >= 0.3 is 0 Å². The minimum atomic E-state index is -3.06. The van der Waals surface area contributed by atoms with E-state index in [-0.39, 0.29) is 11.3 Å². The van der Waals surface area contributed by atoms with E-state index in [4.69, 9.17) is 0 Å². The summed E-state index contributed by atoms with van der Waals surface area (Å²) in [5, 5.41) is 0.817. The zero-order chi connectivity index (χ0) is 13.5. The molecule has 2 fully saturated rings. The van der Waals surface area contributed by atoms with E-state index in [0.29, 0.717) is 0 Å². The van der Waals surface area contributed by atoms with Gasteiger partial charge in [-0.2, -0.15) is 4.37 Å². The molecule has 3 rings (SSSR count). The highest BCUT2D eigenvalue weighted by atomic mass is 32.2. The molecule has 1 saturated heterocycles. The number of hydrogen-bond acceptors (Lipinski definition) is 6. The van der Waals surface area contributed by atoms with Crippen molar-refractivity contribution in [3.63, 3.8) is 0 Å². The summed E-state index contributed by atoms with van der Waals surface area (Å²) in [5.74, 6) is 0.802. The predicted molar refractivity (Wildman–Crippen MR) is 75.0 cm³/mol. The number of sulfonamides is 1. The van der Waals surface area contributed by atoms with Crippen LogP contribution in [0.3, 0.4) is 0 Å². The van der Waals surface area contributed by atoms with Crippen LogP contribution < -0.4 is 9.62 Å². The third-order valence-electron chi connectivity index (χ3n) is 3.58. The Balaban J connectivity index is 1.54. The van der Waals surface area contributed by atoms with E-state index < -0.39 is 10.0 Å². The Morgan fingerprint density at radius 3 is 2.47 bits per heavy atom. The molecular weight excluding hydrogens is 284 g/mol. The largest absolute Gasteiger partial charge is 0.347 e.